The summed E-state index contributed by atoms with van der Waals surface area (Å²) in [5.41, 5.74) is 1.65. The van der Waals surface area contributed by atoms with Gasteiger partial charge in [-0.15, -0.1) is 0 Å². The Morgan fingerprint density at radius 1 is 1.28 bits per heavy atom. The maximum absolute atomic E-state index is 4.57. The van der Waals surface area contributed by atoms with Gasteiger partial charge in [0.05, 0.1) is 6.33 Å². The molecule has 96 valence electrons. The summed E-state index contributed by atoms with van der Waals surface area (Å²) in [5.74, 6) is 2.96. The van der Waals surface area contributed by atoms with E-state index >= 15 is 0 Å². The molecule has 2 N–H and O–H groups in total. The van der Waals surface area contributed by atoms with E-state index in [1.165, 1.54) is 0 Å². The number of nitrogens with zero attached hydrogens (tertiary/aromatic N) is 4. The number of H-pyrrole nitrogens is 1. The topological polar surface area (TPSA) is 69.7 Å². The van der Waals surface area contributed by atoms with E-state index in [2.05, 4.69) is 44.0 Å². The van der Waals surface area contributed by atoms with E-state index in [1.54, 1.807) is 6.33 Å². The van der Waals surface area contributed by atoms with Gasteiger partial charge in [-0.05, 0) is 11.8 Å². The average molecular weight is 246 g/mol. The van der Waals surface area contributed by atoms with Gasteiger partial charge in [0.25, 0.3) is 0 Å². The van der Waals surface area contributed by atoms with Gasteiger partial charge >= 0.3 is 0 Å². The summed E-state index contributed by atoms with van der Waals surface area (Å²) in [6.07, 6.45) is 1.67. The minimum Gasteiger partial charge on any atom is -0.357 e. The van der Waals surface area contributed by atoms with Crippen LogP contribution in [0.25, 0.3) is 11.2 Å². The molecule has 0 aliphatic carbocycles. The second kappa shape index (κ2) is 4.12. The molecule has 6 heteroatoms. The quantitative estimate of drug-likeness (QED) is 0.840. The molecule has 1 aliphatic rings. The number of aromatic amines is 1. The first-order valence-electron chi connectivity index (χ1n) is 6.33. The number of aromatic nitrogens is 4. The fourth-order valence-corrected chi connectivity index (χ4v) is 2.46. The lowest BCUT2D eigenvalue weighted by atomic mass is 10.0. The van der Waals surface area contributed by atoms with Crippen LogP contribution in [0.4, 0.5) is 11.8 Å². The summed E-state index contributed by atoms with van der Waals surface area (Å²) < 4.78 is 0. The molecule has 2 aromatic rings. The van der Waals surface area contributed by atoms with Gasteiger partial charge < -0.3 is 15.2 Å². The van der Waals surface area contributed by atoms with Crippen LogP contribution in [0.5, 0.6) is 0 Å². The normalized spacial score (nSPS) is 23.8. The van der Waals surface area contributed by atoms with E-state index in [0.717, 1.165) is 30.1 Å². The monoisotopic (exact) mass is 246 g/mol. The van der Waals surface area contributed by atoms with Crippen LogP contribution in [0.1, 0.15) is 13.8 Å². The first-order valence-corrected chi connectivity index (χ1v) is 6.33. The Hall–Kier alpha value is -1.85. The lowest BCUT2D eigenvalue weighted by Gasteiger charge is -2.18. The van der Waals surface area contributed by atoms with Crippen LogP contribution in [-0.2, 0) is 0 Å². The molecule has 1 saturated heterocycles. The first-order chi connectivity index (χ1) is 8.69. The van der Waals surface area contributed by atoms with Crippen molar-refractivity contribution in [2.45, 2.75) is 13.8 Å². The summed E-state index contributed by atoms with van der Waals surface area (Å²) in [6.45, 7) is 6.65. The molecule has 6 nitrogen and oxygen atoms in total. The molecule has 0 amide bonds. The molecular weight excluding hydrogens is 228 g/mol. The predicted octanol–water partition coefficient (Wildman–Crippen LogP) is 1.49. The number of hydrogen-bond acceptors (Lipinski definition) is 5. The maximum atomic E-state index is 4.57. The van der Waals surface area contributed by atoms with Gasteiger partial charge in [0.15, 0.2) is 11.5 Å². The highest BCUT2D eigenvalue weighted by atomic mass is 15.3. The number of imidazole rings is 1. The van der Waals surface area contributed by atoms with E-state index in [4.69, 9.17) is 0 Å². The van der Waals surface area contributed by atoms with Gasteiger partial charge in [0.1, 0.15) is 5.52 Å². The lowest BCUT2D eigenvalue weighted by molar-refractivity contribution is 0.494. The van der Waals surface area contributed by atoms with Crippen molar-refractivity contribution in [2.24, 2.45) is 11.8 Å². The Morgan fingerprint density at radius 3 is 2.67 bits per heavy atom. The highest BCUT2D eigenvalue weighted by Gasteiger charge is 2.28. The Kier molecular flexibility index (Phi) is 2.57. The Balaban J connectivity index is 2.07. The predicted molar refractivity (Wildman–Crippen MR) is 71.8 cm³/mol. The molecule has 3 rings (SSSR count). The zero-order valence-corrected chi connectivity index (χ0v) is 10.9. The number of fused-ring (bicyclic) bond motifs is 1. The summed E-state index contributed by atoms with van der Waals surface area (Å²) >= 11 is 0. The SMILES string of the molecule is CNc1nc(N2CC(C)C(C)C2)c2[nH]cnc2n1. The van der Waals surface area contributed by atoms with Crippen LogP contribution in [-0.4, -0.2) is 40.1 Å². The Labute approximate surface area is 106 Å². The van der Waals surface area contributed by atoms with Gasteiger partial charge in [-0.1, -0.05) is 13.8 Å². The van der Waals surface area contributed by atoms with Gasteiger partial charge in [0.2, 0.25) is 5.95 Å². The standard InChI is InChI=1S/C12H18N6/c1-7-4-18(5-8(7)2)11-9-10(15-6-14-9)16-12(13-3)17-11/h6-8H,4-5H2,1-3H3,(H2,13,14,15,16,17). The van der Waals surface area contributed by atoms with E-state index < -0.39 is 0 Å². The Bertz CT molecular complexity index is 553. The Morgan fingerprint density at radius 2 is 2.00 bits per heavy atom. The molecule has 1 aliphatic heterocycles. The molecule has 1 fully saturated rings. The van der Waals surface area contributed by atoms with Crippen molar-refractivity contribution in [3.8, 4) is 0 Å². The number of anilines is 2. The minimum absolute atomic E-state index is 0.622. The summed E-state index contributed by atoms with van der Waals surface area (Å²) in [6, 6.07) is 0. The van der Waals surface area contributed by atoms with Crippen molar-refractivity contribution in [1.29, 1.82) is 0 Å². The van der Waals surface area contributed by atoms with Crippen LogP contribution in [0.15, 0.2) is 6.33 Å². The van der Waals surface area contributed by atoms with Crippen molar-refractivity contribution in [2.75, 3.05) is 30.4 Å². The minimum atomic E-state index is 0.622. The highest BCUT2D eigenvalue weighted by Crippen LogP contribution is 2.30. The molecule has 0 saturated carbocycles. The van der Waals surface area contributed by atoms with Crippen molar-refractivity contribution >= 4 is 22.9 Å². The highest BCUT2D eigenvalue weighted by molar-refractivity contribution is 5.84. The molecule has 3 heterocycles. The zero-order chi connectivity index (χ0) is 12.7. The third kappa shape index (κ3) is 1.68. The number of rotatable bonds is 2. The summed E-state index contributed by atoms with van der Waals surface area (Å²) in [7, 11) is 1.83. The molecule has 0 aromatic carbocycles. The van der Waals surface area contributed by atoms with Gasteiger partial charge in [0, 0.05) is 20.1 Å². The fourth-order valence-electron chi connectivity index (χ4n) is 2.46. The maximum Gasteiger partial charge on any atom is 0.226 e. The second-order valence-corrected chi connectivity index (χ2v) is 5.08. The molecular formula is C12H18N6. The van der Waals surface area contributed by atoms with E-state index in [-0.39, 0.29) is 0 Å². The van der Waals surface area contributed by atoms with Crippen LogP contribution >= 0.6 is 0 Å². The zero-order valence-electron chi connectivity index (χ0n) is 10.9. The van der Waals surface area contributed by atoms with Crippen LogP contribution in [0.2, 0.25) is 0 Å². The third-order valence-electron chi connectivity index (χ3n) is 3.78. The van der Waals surface area contributed by atoms with E-state index in [1.807, 2.05) is 7.05 Å². The summed E-state index contributed by atoms with van der Waals surface area (Å²) in [4.78, 5) is 18.6. The average Bonchev–Trinajstić information content (AvgIpc) is 2.95. The van der Waals surface area contributed by atoms with E-state index in [9.17, 15) is 0 Å². The summed E-state index contributed by atoms with van der Waals surface area (Å²) in [5, 5.41) is 2.99. The van der Waals surface area contributed by atoms with Gasteiger partial charge in [-0.2, -0.15) is 9.97 Å². The van der Waals surface area contributed by atoms with E-state index in [0.29, 0.717) is 17.8 Å². The van der Waals surface area contributed by atoms with Gasteiger partial charge in [-0.3, -0.25) is 0 Å². The second-order valence-electron chi connectivity index (χ2n) is 5.08. The van der Waals surface area contributed by atoms with Crippen molar-refractivity contribution in [1.82, 2.24) is 19.9 Å². The number of hydrogen-bond donors (Lipinski definition) is 2. The molecule has 18 heavy (non-hydrogen) atoms. The molecule has 2 atom stereocenters. The molecule has 0 radical (unpaired) electrons. The molecule has 2 aromatic heterocycles. The molecule has 0 bridgehead atoms. The van der Waals surface area contributed by atoms with Crippen LogP contribution in [0.3, 0.4) is 0 Å². The first kappa shape index (κ1) is 11.3. The smallest absolute Gasteiger partial charge is 0.226 e. The van der Waals surface area contributed by atoms with Crippen LogP contribution in [0, 0.1) is 11.8 Å². The van der Waals surface area contributed by atoms with Crippen molar-refractivity contribution in [3.05, 3.63) is 6.33 Å². The lowest BCUT2D eigenvalue weighted by Crippen LogP contribution is -2.22. The van der Waals surface area contributed by atoms with Gasteiger partial charge in [-0.25, -0.2) is 4.98 Å². The largest absolute Gasteiger partial charge is 0.357 e. The molecule has 2 unspecified atom stereocenters. The van der Waals surface area contributed by atoms with Crippen molar-refractivity contribution in [3.63, 3.8) is 0 Å². The number of nitrogens with one attached hydrogen (secondary N) is 2. The molecule has 0 spiro atoms. The fraction of sp³-hybridized carbons (Fsp3) is 0.583. The van der Waals surface area contributed by atoms with Crippen molar-refractivity contribution < 1.29 is 0 Å². The van der Waals surface area contributed by atoms with Crippen LogP contribution < -0.4 is 10.2 Å². The third-order valence-corrected chi connectivity index (χ3v) is 3.78.